The molecule has 1 N–H and O–H groups in total. The van der Waals surface area contributed by atoms with Crippen molar-refractivity contribution in [3.8, 4) is 17.1 Å². The van der Waals surface area contributed by atoms with Gasteiger partial charge in [0.15, 0.2) is 11.0 Å². The van der Waals surface area contributed by atoms with Crippen molar-refractivity contribution in [1.82, 2.24) is 20.1 Å². The standard InChI is InChI=1S/C21H30N4O2S/c1-4-5-14-25-19(16-10-12-18(27-3)13-11-16)23-24-21(25)28-15(2)20(26)22-17-8-6-7-9-17/h10-13,15,17H,4-9,14H2,1-3H3,(H,22,26). The van der Waals surface area contributed by atoms with Crippen LogP contribution < -0.4 is 10.1 Å². The van der Waals surface area contributed by atoms with Gasteiger partial charge in [-0.05, 0) is 50.5 Å². The van der Waals surface area contributed by atoms with Crippen molar-refractivity contribution in [1.29, 1.82) is 0 Å². The van der Waals surface area contributed by atoms with Crippen molar-refractivity contribution in [2.24, 2.45) is 0 Å². The van der Waals surface area contributed by atoms with Gasteiger partial charge < -0.3 is 14.6 Å². The van der Waals surface area contributed by atoms with Gasteiger partial charge in [-0.1, -0.05) is 37.9 Å². The van der Waals surface area contributed by atoms with Crippen molar-refractivity contribution < 1.29 is 9.53 Å². The molecule has 0 bridgehead atoms. The Morgan fingerprint density at radius 3 is 2.64 bits per heavy atom. The van der Waals surface area contributed by atoms with Gasteiger partial charge in [0.05, 0.1) is 12.4 Å². The van der Waals surface area contributed by atoms with Crippen LogP contribution in [0.4, 0.5) is 0 Å². The maximum Gasteiger partial charge on any atom is 0.233 e. The Kier molecular flexibility index (Phi) is 7.36. The first kappa shape index (κ1) is 20.7. The Morgan fingerprint density at radius 1 is 1.29 bits per heavy atom. The van der Waals surface area contributed by atoms with E-state index in [9.17, 15) is 4.79 Å². The number of nitrogens with zero attached hydrogens (tertiary/aromatic N) is 3. The van der Waals surface area contributed by atoms with Crippen LogP contribution in [0.1, 0.15) is 52.4 Å². The van der Waals surface area contributed by atoms with Crippen LogP contribution >= 0.6 is 11.8 Å². The zero-order chi connectivity index (χ0) is 19.9. The first-order chi connectivity index (χ1) is 13.6. The summed E-state index contributed by atoms with van der Waals surface area (Å²) in [5.74, 6) is 1.74. The topological polar surface area (TPSA) is 69.0 Å². The van der Waals surface area contributed by atoms with Gasteiger partial charge in [-0.25, -0.2) is 0 Å². The van der Waals surface area contributed by atoms with Gasteiger partial charge in [0.1, 0.15) is 5.75 Å². The predicted molar refractivity (Wildman–Crippen MR) is 113 cm³/mol. The SMILES string of the molecule is CCCCn1c(SC(C)C(=O)NC2CCCC2)nnc1-c1ccc(OC)cc1. The van der Waals surface area contributed by atoms with Gasteiger partial charge >= 0.3 is 0 Å². The van der Waals surface area contributed by atoms with E-state index in [1.807, 2.05) is 31.2 Å². The Morgan fingerprint density at radius 2 is 2.00 bits per heavy atom. The molecule has 1 saturated carbocycles. The van der Waals surface area contributed by atoms with E-state index in [-0.39, 0.29) is 11.2 Å². The van der Waals surface area contributed by atoms with Crippen LogP contribution in [0.3, 0.4) is 0 Å². The number of nitrogens with one attached hydrogen (secondary N) is 1. The van der Waals surface area contributed by atoms with Crippen molar-refractivity contribution in [3.63, 3.8) is 0 Å². The summed E-state index contributed by atoms with van der Waals surface area (Å²) in [7, 11) is 1.66. The van der Waals surface area contributed by atoms with E-state index in [0.29, 0.717) is 6.04 Å². The van der Waals surface area contributed by atoms with Crippen LogP contribution in [0.5, 0.6) is 5.75 Å². The molecule has 0 radical (unpaired) electrons. The Bertz CT molecular complexity index is 769. The average molecular weight is 403 g/mol. The second kappa shape index (κ2) is 9.96. The lowest BCUT2D eigenvalue weighted by molar-refractivity contribution is -0.120. The molecule has 0 spiro atoms. The smallest absolute Gasteiger partial charge is 0.233 e. The summed E-state index contributed by atoms with van der Waals surface area (Å²) in [5.41, 5.74) is 0.999. The molecule has 6 nitrogen and oxygen atoms in total. The highest BCUT2D eigenvalue weighted by molar-refractivity contribution is 8.00. The molecule has 1 aliphatic rings. The average Bonchev–Trinajstić information content (AvgIpc) is 3.36. The van der Waals surface area contributed by atoms with Crippen LogP contribution in [-0.4, -0.2) is 39.1 Å². The minimum absolute atomic E-state index is 0.0907. The third-order valence-electron chi connectivity index (χ3n) is 5.15. The zero-order valence-electron chi connectivity index (χ0n) is 17.0. The molecular weight excluding hydrogens is 372 g/mol. The monoisotopic (exact) mass is 402 g/mol. The number of thioether (sulfide) groups is 1. The minimum Gasteiger partial charge on any atom is -0.497 e. The Labute approximate surface area is 171 Å². The number of unbranched alkanes of at least 4 members (excludes halogenated alkanes) is 1. The maximum absolute atomic E-state index is 12.6. The summed E-state index contributed by atoms with van der Waals surface area (Å²) in [6, 6.07) is 8.19. The number of rotatable bonds is 9. The van der Waals surface area contributed by atoms with Gasteiger partial charge in [0.25, 0.3) is 0 Å². The molecule has 0 aliphatic heterocycles. The lowest BCUT2D eigenvalue weighted by Gasteiger charge is -2.16. The highest BCUT2D eigenvalue weighted by atomic mass is 32.2. The van der Waals surface area contributed by atoms with E-state index >= 15 is 0 Å². The molecule has 7 heteroatoms. The molecule has 1 aliphatic carbocycles. The molecule has 1 heterocycles. The molecular formula is C21H30N4O2S. The van der Waals surface area contributed by atoms with Gasteiger partial charge in [-0.15, -0.1) is 10.2 Å². The third-order valence-corrected chi connectivity index (χ3v) is 6.23. The van der Waals surface area contributed by atoms with Gasteiger partial charge in [-0.3, -0.25) is 4.79 Å². The van der Waals surface area contributed by atoms with Crippen molar-refractivity contribution in [2.75, 3.05) is 7.11 Å². The normalized spacial score (nSPS) is 15.5. The highest BCUT2D eigenvalue weighted by Crippen LogP contribution is 2.29. The molecule has 1 aromatic carbocycles. The number of amides is 1. The second-order valence-electron chi connectivity index (χ2n) is 7.29. The van der Waals surface area contributed by atoms with Crippen LogP contribution in [0.2, 0.25) is 0 Å². The van der Waals surface area contributed by atoms with Crippen LogP contribution in [0.25, 0.3) is 11.4 Å². The fraction of sp³-hybridized carbons (Fsp3) is 0.571. The van der Waals surface area contributed by atoms with E-state index in [1.54, 1.807) is 7.11 Å². The first-order valence-corrected chi connectivity index (χ1v) is 11.0. The minimum atomic E-state index is -0.200. The van der Waals surface area contributed by atoms with Crippen LogP contribution in [0, 0.1) is 0 Å². The number of aromatic nitrogens is 3. The number of methoxy groups -OCH3 is 1. The summed E-state index contributed by atoms with van der Waals surface area (Å²) < 4.78 is 7.38. The van der Waals surface area contributed by atoms with E-state index in [0.717, 1.165) is 54.5 Å². The summed E-state index contributed by atoms with van der Waals surface area (Å²) in [6.45, 7) is 4.95. The molecule has 1 amide bonds. The first-order valence-electron chi connectivity index (χ1n) is 10.2. The fourth-order valence-electron chi connectivity index (χ4n) is 3.45. The Hall–Kier alpha value is -2.02. The summed E-state index contributed by atoms with van der Waals surface area (Å²) in [6.07, 6.45) is 6.74. The van der Waals surface area contributed by atoms with E-state index < -0.39 is 0 Å². The van der Waals surface area contributed by atoms with Crippen molar-refractivity contribution in [2.45, 2.75) is 75.4 Å². The van der Waals surface area contributed by atoms with E-state index in [4.69, 9.17) is 4.74 Å². The van der Waals surface area contributed by atoms with Gasteiger partial charge in [-0.2, -0.15) is 0 Å². The lowest BCUT2D eigenvalue weighted by atomic mass is 10.2. The van der Waals surface area contributed by atoms with E-state index in [1.165, 1.54) is 24.6 Å². The third kappa shape index (κ3) is 5.07. The number of carbonyl (C=O) groups excluding carboxylic acids is 1. The van der Waals surface area contributed by atoms with Crippen molar-refractivity contribution >= 4 is 17.7 Å². The lowest BCUT2D eigenvalue weighted by Crippen LogP contribution is -2.37. The second-order valence-corrected chi connectivity index (χ2v) is 8.60. The number of hydrogen-bond acceptors (Lipinski definition) is 5. The summed E-state index contributed by atoms with van der Waals surface area (Å²) in [4.78, 5) is 12.6. The highest BCUT2D eigenvalue weighted by Gasteiger charge is 2.24. The molecule has 28 heavy (non-hydrogen) atoms. The zero-order valence-corrected chi connectivity index (χ0v) is 17.8. The molecule has 3 rings (SSSR count). The number of carbonyl (C=O) groups is 1. The Balaban J connectivity index is 1.75. The fourth-order valence-corrected chi connectivity index (χ4v) is 4.33. The van der Waals surface area contributed by atoms with Crippen LogP contribution in [0.15, 0.2) is 29.4 Å². The van der Waals surface area contributed by atoms with E-state index in [2.05, 4.69) is 27.0 Å². The number of ether oxygens (including phenoxy) is 1. The molecule has 1 unspecified atom stereocenters. The largest absolute Gasteiger partial charge is 0.497 e. The quantitative estimate of drug-likeness (QED) is 0.634. The van der Waals surface area contributed by atoms with Crippen molar-refractivity contribution in [3.05, 3.63) is 24.3 Å². The van der Waals surface area contributed by atoms with Crippen LogP contribution in [-0.2, 0) is 11.3 Å². The molecule has 1 aromatic heterocycles. The molecule has 1 fully saturated rings. The summed E-state index contributed by atoms with van der Waals surface area (Å²) in [5, 5.41) is 12.6. The summed E-state index contributed by atoms with van der Waals surface area (Å²) >= 11 is 1.49. The predicted octanol–water partition coefficient (Wildman–Crippen LogP) is 4.29. The maximum atomic E-state index is 12.6. The molecule has 0 saturated heterocycles. The molecule has 1 atom stereocenters. The molecule has 152 valence electrons. The van der Waals surface area contributed by atoms with Gasteiger partial charge in [0, 0.05) is 18.2 Å². The van der Waals surface area contributed by atoms with Gasteiger partial charge in [0.2, 0.25) is 5.91 Å². The number of benzene rings is 1. The number of hydrogen-bond donors (Lipinski definition) is 1. The molecule has 2 aromatic rings.